The average Bonchev–Trinajstić information content (AvgIpc) is 3.02. The second-order valence-corrected chi connectivity index (χ2v) is 5.50. The van der Waals surface area contributed by atoms with Crippen molar-refractivity contribution >= 4 is 11.9 Å². The third-order valence-electron chi connectivity index (χ3n) is 3.99. The fourth-order valence-corrected chi connectivity index (χ4v) is 2.87. The van der Waals surface area contributed by atoms with E-state index in [0.717, 1.165) is 24.0 Å². The largest absolute Gasteiger partial charge is 0.478 e. The summed E-state index contributed by atoms with van der Waals surface area (Å²) in [5.41, 5.74) is 2.21. The van der Waals surface area contributed by atoms with Gasteiger partial charge in [0.15, 0.2) is 0 Å². The van der Waals surface area contributed by atoms with Crippen LogP contribution in [0.1, 0.15) is 41.3 Å². The molecule has 2 unspecified atom stereocenters. The van der Waals surface area contributed by atoms with Crippen LogP contribution in [0.25, 0.3) is 0 Å². The number of rotatable bonds is 2. The second kappa shape index (κ2) is 4.90. The van der Waals surface area contributed by atoms with E-state index in [4.69, 9.17) is 9.84 Å². The maximum atomic E-state index is 12.4. The molecule has 2 aliphatic heterocycles. The average molecular weight is 275 g/mol. The smallest absolute Gasteiger partial charge is 0.335 e. The van der Waals surface area contributed by atoms with Gasteiger partial charge in [0.25, 0.3) is 5.91 Å². The minimum atomic E-state index is -0.939. The zero-order valence-electron chi connectivity index (χ0n) is 11.3. The van der Waals surface area contributed by atoms with Gasteiger partial charge in [-0.05, 0) is 43.0 Å². The number of benzene rings is 1. The van der Waals surface area contributed by atoms with Crippen LogP contribution in [0.5, 0.6) is 0 Å². The monoisotopic (exact) mass is 275 g/mol. The molecule has 5 heteroatoms. The van der Waals surface area contributed by atoms with Gasteiger partial charge in [0.1, 0.15) is 6.10 Å². The van der Waals surface area contributed by atoms with Crippen molar-refractivity contribution in [1.29, 1.82) is 0 Å². The number of aromatic carboxylic acids is 1. The molecule has 1 aromatic carbocycles. The van der Waals surface area contributed by atoms with Crippen molar-refractivity contribution in [3.63, 3.8) is 0 Å². The van der Waals surface area contributed by atoms with Crippen LogP contribution in [-0.4, -0.2) is 34.1 Å². The summed E-state index contributed by atoms with van der Waals surface area (Å²) in [6.45, 7) is 3.00. The Balaban J connectivity index is 1.73. The van der Waals surface area contributed by atoms with E-state index in [1.165, 1.54) is 0 Å². The molecular weight excluding hydrogens is 258 g/mol. The van der Waals surface area contributed by atoms with E-state index >= 15 is 0 Å². The summed E-state index contributed by atoms with van der Waals surface area (Å²) in [6.07, 6.45) is 1.50. The van der Waals surface area contributed by atoms with Gasteiger partial charge in [-0.25, -0.2) is 4.79 Å². The molecule has 0 aromatic heterocycles. The molecule has 0 bridgehead atoms. The lowest BCUT2D eigenvalue weighted by atomic mass is 10.1. The van der Waals surface area contributed by atoms with E-state index in [1.807, 2.05) is 6.92 Å². The number of amides is 1. The Bertz CT molecular complexity index is 569. The molecule has 2 aliphatic rings. The number of hydrogen-bond donors (Lipinski definition) is 1. The first-order valence-electron chi connectivity index (χ1n) is 6.84. The Morgan fingerprint density at radius 1 is 1.25 bits per heavy atom. The Labute approximate surface area is 117 Å². The van der Waals surface area contributed by atoms with Crippen molar-refractivity contribution in [1.82, 2.24) is 4.90 Å². The Hall–Kier alpha value is -1.88. The van der Waals surface area contributed by atoms with Gasteiger partial charge in [-0.3, -0.25) is 4.79 Å². The Kier molecular flexibility index (Phi) is 3.22. The summed E-state index contributed by atoms with van der Waals surface area (Å²) < 4.78 is 5.61. The van der Waals surface area contributed by atoms with E-state index in [9.17, 15) is 9.59 Å². The number of ether oxygens (including phenoxy) is 1. The van der Waals surface area contributed by atoms with Crippen LogP contribution in [0.3, 0.4) is 0 Å². The van der Waals surface area contributed by atoms with Gasteiger partial charge in [-0.2, -0.15) is 0 Å². The van der Waals surface area contributed by atoms with Gasteiger partial charge < -0.3 is 14.7 Å². The summed E-state index contributed by atoms with van der Waals surface area (Å²) in [6, 6.07) is 5.04. The molecule has 5 nitrogen and oxygen atoms in total. The van der Waals surface area contributed by atoms with Crippen LogP contribution in [0, 0.1) is 0 Å². The van der Waals surface area contributed by atoms with Gasteiger partial charge in [0.05, 0.1) is 11.7 Å². The third-order valence-corrected chi connectivity index (χ3v) is 3.99. The summed E-state index contributed by atoms with van der Waals surface area (Å²) in [5.74, 6) is -0.923. The predicted octanol–water partition coefficient (Wildman–Crippen LogP) is 1.79. The molecule has 1 saturated heterocycles. The highest BCUT2D eigenvalue weighted by atomic mass is 16.5. The second-order valence-electron chi connectivity index (χ2n) is 5.50. The van der Waals surface area contributed by atoms with Gasteiger partial charge in [-0.15, -0.1) is 0 Å². The lowest BCUT2D eigenvalue weighted by Crippen LogP contribution is -2.35. The number of carbonyl (C=O) groups excluding carboxylic acids is 1. The van der Waals surface area contributed by atoms with Gasteiger partial charge in [0.2, 0.25) is 0 Å². The van der Waals surface area contributed by atoms with Gasteiger partial charge in [0, 0.05) is 13.1 Å². The van der Waals surface area contributed by atoms with E-state index in [1.54, 1.807) is 23.1 Å². The number of nitrogens with zero attached hydrogens (tertiary/aromatic N) is 1. The molecule has 20 heavy (non-hydrogen) atoms. The van der Waals surface area contributed by atoms with Crippen LogP contribution in [0.4, 0.5) is 0 Å². The van der Waals surface area contributed by atoms with E-state index in [-0.39, 0.29) is 23.7 Å². The molecule has 0 radical (unpaired) electrons. The molecule has 3 rings (SSSR count). The van der Waals surface area contributed by atoms with Crippen molar-refractivity contribution in [2.75, 3.05) is 0 Å². The number of carboxylic acids is 1. The van der Waals surface area contributed by atoms with Crippen LogP contribution in [-0.2, 0) is 22.6 Å². The van der Waals surface area contributed by atoms with E-state index < -0.39 is 5.97 Å². The fraction of sp³-hybridized carbons (Fsp3) is 0.467. The molecule has 1 fully saturated rings. The zero-order chi connectivity index (χ0) is 14.3. The van der Waals surface area contributed by atoms with E-state index in [0.29, 0.717) is 13.1 Å². The minimum absolute atomic E-state index is 0.0161. The predicted molar refractivity (Wildman–Crippen MR) is 71.2 cm³/mol. The molecule has 1 N–H and O–H groups in total. The quantitative estimate of drug-likeness (QED) is 0.893. The molecule has 0 aliphatic carbocycles. The molecular formula is C15H17NO4. The molecule has 2 atom stereocenters. The minimum Gasteiger partial charge on any atom is -0.478 e. The molecule has 1 aromatic rings. The normalized spacial score (nSPS) is 24.8. The van der Waals surface area contributed by atoms with Crippen molar-refractivity contribution in [3.8, 4) is 0 Å². The summed E-state index contributed by atoms with van der Waals surface area (Å²) in [5, 5.41) is 8.99. The lowest BCUT2D eigenvalue weighted by Gasteiger charge is -2.19. The molecule has 0 saturated carbocycles. The highest BCUT2D eigenvalue weighted by Gasteiger charge is 2.34. The van der Waals surface area contributed by atoms with Crippen molar-refractivity contribution in [3.05, 3.63) is 34.9 Å². The number of fused-ring (bicyclic) bond motifs is 1. The van der Waals surface area contributed by atoms with Gasteiger partial charge in [-0.1, -0.05) is 6.07 Å². The Morgan fingerprint density at radius 3 is 2.65 bits per heavy atom. The summed E-state index contributed by atoms with van der Waals surface area (Å²) in [7, 11) is 0. The van der Waals surface area contributed by atoms with Crippen molar-refractivity contribution < 1.29 is 19.4 Å². The first kappa shape index (κ1) is 13.1. The van der Waals surface area contributed by atoms with E-state index in [2.05, 4.69) is 0 Å². The first-order valence-corrected chi connectivity index (χ1v) is 6.84. The highest BCUT2D eigenvalue weighted by molar-refractivity contribution is 5.88. The zero-order valence-corrected chi connectivity index (χ0v) is 11.3. The maximum Gasteiger partial charge on any atom is 0.335 e. The van der Waals surface area contributed by atoms with Gasteiger partial charge >= 0.3 is 5.97 Å². The van der Waals surface area contributed by atoms with Crippen LogP contribution >= 0.6 is 0 Å². The highest BCUT2D eigenvalue weighted by Crippen LogP contribution is 2.28. The van der Waals surface area contributed by atoms with Crippen molar-refractivity contribution in [2.45, 2.75) is 45.1 Å². The summed E-state index contributed by atoms with van der Waals surface area (Å²) in [4.78, 5) is 25.1. The third kappa shape index (κ3) is 2.29. The van der Waals surface area contributed by atoms with Crippen LogP contribution in [0.2, 0.25) is 0 Å². The topological polar surface area (TPSA) is 66.8 Å². The fourth-order valence-electron chi connectivity index (χ4n) is 2.87. The molecule has 2 heterocycles. The molecule has 0 spiro atoms. The molecule has 1 amide bonds. The lowest BCUT2D eigenvalue weighted by molar-refractivity contribution is -0.143. The SMILES string of the molecule is CC1CCC(C(=O)N2Cc3ccc(C(=O)O)cc3C2)O1. The first-order chi connectivity index (χ1) is 9.54. The van der Waals surface area contributed by atoms with Crippen LogP contribution in [0.15, 0.2) is 18.2 Å². The number of hydrogen-bond acceptors (Lipinski definition) is 3. The standard InChI is InChI=1S/C15H17NO4/c1-9-2-5-13(20-9)14(17)16-7-11-4-3-10(15(18)19)6-12(11)8-16/h3-4,6,9,13H,2,5,7-8H2,1H3,(H,18,19). The van der Waals surface area contributed by atoms with Crippen molar-refractivity contribution in [2.24, 2.45) is 0 Å². The maximum absolute atomic E-state index is 12.4. The number of carboxylic acid groups (broad SMARTS) is 1. The number of carbonyl (C=O) groups is 2. The van der Waals surface area contributed by atoms with Crippen LogP contribution < -0.4 is 0 Å². The Morgan fingerprint density at radius 2 is 2.00 bits per heavy atom. The molecule has 106 valence electrons. The summed E-state index contributed by atoms with van der Waals surface area (Å²) >= 11 is 0.